The van der Waals surface area contributed by atoms with Crippen molar-refractivity contribution in [2.45, 2.75) is 37.1 Å². The van der Waals surface area contributed by atoms with E-state index in [1.165, 1.54) is 0 Å². The maximum atomic E-state index is 13.9. The zero-order valence-electron chi connectivity index (χ0n) is 15.2. The molecule has 0 aliphatic carbocycles. The molecule has 3 atom stereocenters. The van der Waals surface area contributed by atoms with Crippen molar-refractivity contribution in [2.75, 3.05) is 13.6 Å². The quantitative estimate of drug-likeness (QED) is 0.866. The fourth-order valence-corrected chi connectivity index (χ4v) is 3.82. The van der Waals surface area contributed by atoms with Crippen LogP contribution in [0.1, 0.15) is 24.5 Å². The second-order valence-electron chi connectivity index (χ2n) is 7.04. The molecule has 0 spiro atoms. The number of carbonyl (C=O) groups is 1. The number of hydrogen-bond donors (Lipinski definition) is 2. The minimum Gasteiger partial charge on any atom is -0.323 e. The Bertz CT molecular complexity index is 698. The largest absolute Gasteiger partial charge is 0.323 e. The SMILES string of the molecule is CN[C@@H]1C[C@H](F)CN1C(=O)[C@@H](N)C(C)(c1ccccc1)c1ccccc1. The Morgan fingerprint density at radius 2 is 1.65 bits per heavy atom. The van der Waals surface area contributed by atoms with Crippen LogP contribution >= 0.6 is 0 Å². The summed E-state index contributed by atoms with van der Waals surface area (Å²) in [7, 11) is 1.74. The predicted molar refractivity (Wildman–Crippen MR) is 101 cm³/mol. The Morgan fingerprint density at radius 3 is 2.12 bits per heavy atom. The van der Waals surface area contributed by atoms with E-state index < -0.39 is 17.6 Å². The molecule has 1 saturated heterocycles. The summed E-state index contributed by atoms with van der Waals surface area (Å²) in [5, 5.41) is 3.02. The number of hydrogen-bond acceptors (Lipinski definition) is 3. The van der Waals surface area contributed by atoms with Gasteiger partial charge in [-0.25, -0.2) is 4.39 Å². The van der Waals surface area contributed by atoms with Crippen LogP contribution in [0.5, 0.6) is 0 Å². The van der Waals surface area contributed by atoms with Crippen molar-refractivity contribution >= 4 is 5.91 Å². The van der Waals surface area contributed by atoms with Crippen molar-refractivity contribution in [3.8, 4) is 0 Å². The lowest BCUT2D eigenvalue weighted by Crippen LogP contribution is -2.57. The van der Waals surface area contributed by atoms with Gasteiger partial charge in [-0.2, -0.15) is 0 Å². The number of nitrogens with two attached hydrogens (primary N) is 1. The van der Waals surface area contributed by atoms with Gasteiger partial charge in [0.05, 0.1) is 18.8 Å². The van der Waals surface area contributed by atoms with Crippen LogP contribution in [-0.2, 0) is 10.2 Å². The Morgan fingerprint density at radius 1 is 1.15 bits per heavy atom. The fourth-order valence-electron chi connectivity index (χ4n) is 3.82. The monoisotopic (exact) mass is 355 g/mol. The van der Waals surface area contributed by atoms with Gasteiger partial charge in [0.25, 0.3) is 0 Å². The van der Waals surface area contributed by atoms with Gasteiger partial charge in [-0.3, -0.25) is 4.79 Å². The van der Waals surface area contributed by atoms with E-state index in [1.54, 1.807) is 11.9 Å². The molecule has 3 N–H and O–H groups in total. The van der Waals surface area contributed by atoms with E-state index in [4.69, 9.17) is 5.73 Å². The van der Waals surface area contributed by atoms with Gasteiger partial charge in [-0.1, -0.05) is 60.7 Å². The van der Waals surface area contributed by atoms with Crippen LogP contribution < -0.4 is 11.1 Å². The summed E-state index contributed by atoms with van der Waals surface area (Å²) in [4.78, 5) is 14.8. The first-order valence-corrected chi connectivity index (χ1v) is 8.97. The topological polar surface area (TPSA) is 58.4 Å². The number of nitrogens with zero attached hydrogens (tertiary/aromatic N) is 1. The van der Waals surface area contributed by atoms with E-state index >= 15 is 0 Å². The average Bonchev–Trinajstić information content (AvgIpc) is 3.08. The van der Waals surface area contributed by atoms with Crippen LogP contribution in [0.25, 0.3) is 0 Å². The first kappa shape index (κ1) is 18.5. The summed E-state index contributed by atoms with van der Waals surface area (Å²) in [6.07, 6.45) is -1.05. The molecule has 1 aliphatic rings. The van der Waals surface area contributed by atoms with E-state index in [2.05, 4.69) is 5.32 Å². The van der Waals surface area contributed by atoms with Gasteiger partial charge in [0.1, 0.15) is 6.17 Å². The second kappa shape index (κ2) is 7.56. The summed E-state index contributed by atoms with van der Waals surface area (Å²) in [5.74, 6) is -0.236. The third-order valence-electron chi connectivity index (χ3n) is 5.50. The van der Waals surface area contributed by atoms with E-state index in [-0.39, 0.29) is 18.6 Å². The number of benzene rings is 2. The minimum atomic E-state index is -1.02. The molecule has 0 aromatic heterocycles. The summed E-state index contributed by atoms with van der Waals surface area (Å²) in [5.41, 5.74) is 7.77. The van der Waals surface area contributed by atoms with Gasteiger partial charge in [-0.05, 0) is 25.1 Å². The fraction of sp³-hybridized carbons (Fsp3) is 0.381. The van der Waals surface area contributed by atoms with Crippen molar-refractivity contribution in [1.82, 2.24) is 10.2 Å². The van der Waals surface area contributed by atoms with Gasteiger partial charge in [0.15, 0.2) is 0 Å². The number of likely N-dealkylation sites (tertiary alicyclic amines) is 1. The number of nitrogens with one attached hydrogen (secondary N) is 1. The molecule has 0 saturated carbocycles. The van der Waals surface area contributed by atoms with E-state index in [0.717, 1.165) is 11.1 Å². The lowest BCUT2D eigenvalue weighted by Gasteiger charge is -2.38. The van der Waals surface area contributed by atoms with Crippen LogP contribution in [0.15, 0.2) is 60.7 Å². The first-order valence-electron chi connectivity index (χ1n) is 8.97. The maximum absolute atomic E-state index is 13.9. The van der Waals surface area contributed by atoms with Crippen molar-refractivity contribution in [2.24, 2.45) is 5.73 Å². The summed E-state index contributed by atoms with van der Waals surface area (Å²) < 4.78 is 13.9. The first-order chi connectivity index (χ1) is 12.5. The lowest BCUT2D eigenvalue weighted by molar-refractivity contribution is -0.135. The third kappa shape index (κ3) is 3.24. The molecule has 0 radical (unpaired) electrons. The van der Waals surface area contributed by atoms with E-state index in [1.807, 2.05) is 67.6 Å². The Kier molecular flexibility index (Phi) is 5.39. The number of halogens is 1. The van der Waals surface area contributed by atoms with Crippen LogP contribution in [0.3, 0.4) is 0 Å². The molecule has 2 aromatic rings. The molecule has 26 heavy (non-hydrogen) atoms. The Hall–Kier alpha value is -2.24. The highest BCUT2D eigenvalue weighted by molar-refractivity contribution is 5.85. The van der Waals surface area contributed by atoms with Crippen molar-refractivity contribution in [3.05, 3.63) is 71.8 Å². The van der Waals surface area contributed by atoms with Crippen molar-refractivity contribution in [3.63, 3.8) is 0 Å². The van der Waals surface area contributed by atoms with Crippen LogP contribution in [0.2, 0.25) is 0 Å². The smallest absolute Gasteiger partial charge is 0.242 e. The molecule has 3 rings (SSSR count). The molecular weight excluding hydrogens is 329 g/mol. The summed E-state index contributed by atoms with van der Waals surface area (Å²) in [6.45, 7) is 2.06. The standard InChI is InChI=1S/C21H26FN3O/c1-21(15-9-5-3-6-10-15,16-11-7-4-8-12-16)19(23)20(26)25-14-17(22)13-18(25)24-2/h3-12,17-19,24H,13-14,23H2,1-2H3/t17-,18-,19+/m0/s1. The van der Waals surface area contributed by atoms with Crippen LogP contribution in [-0.4, -0.2) is 42.8 Å². The highest BCUT2D eigenvalue weighted by Crippen LogP contribution is 2.36. The van der Waals surface area contributed by atoms with Gasteiger partial charge in [-0.15, -0.1) is 0 Å². The number of alkyl halides is 1. The van der Waals surface area contributed by atoms with Crippen molar-refractivity contribution < 1.29 is 9.18 Å². The summed E-state index contributed by atoms with van der Waals surface area (Å²) >= 11 is 0. The van der Waals surface area contributed by atoms with E-state index in [9.17, 15) is 9.18 Å². The highest BCUT2D eigenvalue weighted by atomic mass is 19.1. The molecule has 0 unspecified atom stereocenters. The van der Waals surface area contributed by atoms with E-state index in [0.29, 0.717) is 6.42 Å². The maximum Gasteiger partial charge on any atom is 0.242 e. The molecule has 1 aliphatic heterocycles. The van der Waals surface area contributed by atoms with Gasteiger partial charge >= 0.3 is 0 Å². The number of carbonyl (C=O) groups excluding carboxylic acids is 1. The van der Waals surface area contributed by atoms with Gasteiger partial charge < -0.3 is 16.0 Å². The van der Waals surface area contributed by atoms with Gasteiger partial charge in [0, 0.05) is 11.8 Å². The Labute approximate surface area is 154 Å². The third-order valence-corrected chi connectivity index (χ3v) is 5.50. The molecule has 2 aromatic carbocycles. The van der Waals surface area contributed by atoms with Gasteiger partial charge in [0.2, 0.25) is 5.91 Å². The Balaban J connectivity index is 2.01. The zero-order chi connectivity index (χ0) is 18.7. The van der Waals surface area contributed by atoms with Crippen LogP contribution in [0, 0.1) is 0 Å². The molecule has 138 valence electrons. The predicted octanol–water partition coefficient (Wildman–Crippen LogP) is 2.44. The minimum absolute atomic E-state index is 0.0811. The normalized spacial score (nSPS) is 21.6. The second-order valence-corrected chi connectivity index (χ2v) is 7.04. The highest BCUT2D eigenvalue weighted by Gasteiger charge is 2.44. The molecule has 4 nitrogen and oxygen atoms in total. The molecule has 1 amide bonds. The summed E-state index contributed by atoms with van der Waals surface area (Å²) in [6, 6.07) is 18.8. The molecule has 5 heteroatoms. The lowest BCUT2D eigenvalue weighted by atomic mass is 9.70. The molecule has 0 bridgehead atoms. The number of amides is 1. The number of rotatable bonds is 5. The van der Waals surface area contributed by atoms with Crippen molar-refractivity contribution in [1.29, 1.82) is 0 Å². The molecule has 1 heterocycles. The average molecular weight is 355 g/mol. The molecule has 1 fully saturated rings. The van der Waals surface area contributed by atoms with Crippen LogP contribution in [0.4, 0.5) is 4.39 Å². The molecular formula is C21H26FN3O. The zero-order valence-corrected chi connectivity index (χ0v) is 15.2.